The molecular formula is C22H17FN2O. The molecule has 1 aliphatic heterocycles. The largest absolute Gasteiger partial charge is 0.299 e. The quantitative estimate of drug-likeness (QED) is 0.668. The Morgan fingerprint density at radius 1 is 0.962 bits per heavy atom. The zero-order valence-corrected chi connectivity index (χ0v) is 14.4. The maximum Gasteiger partial charge on any atom is 0.143 e. The number of aliphatic imine (C=N–C) groups is 1. The molecule has 0 atom stereocenters. The Balaban J connectivity index is 1.80. The normalized spacial score (nSPS) is 13.8. The van der Waals surface area contributed by atoms with Crippen molar-refractivity contribution in [2.45, 2.75) is 19.8 Å². The summed E-state index contributed by atoms with van der Waals surface area (Å²) in [6.07, 6.45) is 2.31. The lowest BCUT2D eigenvalue weighted by molar-refractivity contribution is -0.117. The van der Waals surface area contributed by atoms with E-state index in [1.54, 1.807) is 24.4 Å². The van der Waals surface area contributed by atoms with Crippen LogP contribution in [0.25, 0.3) is 11.1 Å². The van der Waals surface area contributed by atoms with Crippen LogP contribution in [0.15, 0.2) is 65.8 Å². The molecule has 3 nitrogen and oxygen atoms in total. The van der Waals surface area contributed by atoms with E-state index in [9.17, 15) is 9.18 Å². The SMILES string of the molecule is Cc1cc(C2=Nc3ccc(-c4ccccc4F)cc3CC(=O)C2)ccn1. The number of halogens is 1. The molecule has 4 rings (SSSR count). The third-order valence-electron chi connectivity index (χ3n) is 4.50. The predicted octanol–water partition coefficient (Wildman–Crippen LogP) is 4.83. The summed E-state index contributed by atoms with van der Waals surface area (Å²) in [4.78, 5) is 21.4. The van der Waals surface area contributed by atoms with Crippen molar-refractivity contribution in [3.05, 3.63) is 83.4 Å². The van der Waals surface area contributed by atoms with E-state index in [4.69, 9.17) is 4.99 Å². The topological polar surface area (TPSA) is 42.3 Å². The van der Waals surface area contributed by atoms with Crippen molar-refractivity contribution in [3.63, 3.8) is 0 Å². The first-order valence-corrected chi connectivity index (χ1v) is 8.50. The Morgan fingerprint density at radius 3 is 2.62 bits per heavy atom. The summed E-state index contributed by atoms with van der Waals surface area (Å²) in [7, 11) is 0. The third kappa shape index (κ3) is 3.18. The molecule has 1 aromatic heterocycles. The second-order valence-electron chi connectivity index (χ2n) is 6.46. The van der Waals surface area contributed by atoms with Crippen LogP contribution in [0.1, 0.15) is 23.2 Å². The van der Waals surface area contributed by atoms with E-state index in [2.05, 4.69) is 4.98 Å². The molecule has 0 fully saturated rings. The molecular weight excluding hydrogens is 327 g/mol. The summed E-state index contributed by atoms with van der Waals surface area (Å²) in [6, 6.07) is 16.0. The number of fused-ring (bicyclic) bond motifs is 1. The van der Waals surface area contributed by atoms with Crippen LogP contribution in [0.5, 0.6) is 0 Å². The molecule has 26 heavy (non-hydrogen) atoms. The van der Waals surface area contributed by atoms with Crippen molar-refractivity contribution in [2.75, 3.05) is 0 Å². The summed E-state index contributed by atoms with van der Waals surface area (Å²) in [5.41, 5.74) is 5.43. The number of carbonyl (C=O) groups is 1. The highest BCUT2D eigenvalue weighted by molar-refractivity contribution is 6.13. The van der Waals surface area contributed by atoms with E-state index in [0.29, 0.717) is 12.0 Å². The van der Waals surface area contributed by atoms with Gasteiger partial charge in [-0.05, 0) is 53.9 Å². The molecule has 2 heterocycles. The predicted molar refractivity (Wildman–Crippen MR) is 100 cm³/mol. The van der Waals surface area contributed by atoms with Crippen LogP contribution in [0.3, 0.4) is 0 Å². The summed E-state index contributed by atoms with van der Waals surface area (Å²) in [5.74, 6) is -0.175. The maximum atomic E-state index is 14.1. The van der Waals surface area contributed by atoms with Crippen molar-refractivity contribution < 1.29 is 9.18 Å². The van der Waals surface area contributed by atoms with E-state index in [1.165, 1.54) is 6.07 Å². The molecule has 0 radical (unpaired) electrons. The van der Waals surface area contributed by atoms with Crippen LogP contribution >= 0.6 is 0 Å². The minimum Gasteiger partial charge on any atom is -0.299 e. The van der Waals surface area contributed by atoms with E-state index in [0.717, 1.165) is 33.8 Å². The van der Waals surface area contributed by atoms with Crippen molar-refractivity contribution in [2.24, 2.45) is 4.99 Å². The molecule has 0 N–H and O–H groups in total. The lowest BCUT2D eigenvalue weighted by Gasteiger charge is -2.08. The fraction of sp³-hybridized carbons (Fsp3) is 0.136. The number of pyridine rings is 1. The fourth-order valence-corrected chi connectivity index (χ4v) is 3.24. The highest BCUT2D eigenvalue weighted by Crippen LogP contribution is 2.31. The number of benzene rings is 2. The van der Waals surface area contributed by atoms with Gasteiger partial charge in [-0.1, -0.05) is 24.3 Å². The van der Waals surface area contributed by atoms with E-state index in [-0.39, 0.29) is 18.0 Å². The first kappa shape index (κ1) is 16.3. The van der Waals surface area contributed by atoms with Gasteiger partial charge < -0.3 is 0 Å². The van der Waals surface area contributed by atoms with Crippen LogP contribution in [0.2, 0.25) is 0 Å². The van der Waals surface area contributed by atoms with Crippen LogP contribution < -0.4 is 0 Å². The summed E-state index contributed by atoms with van der Waals surface area (Å²) in [5, 5.41) is 0. The fourth-order valence-electron chi connectivity index (χ4n) is 3.24. The standard InChI is InChI=1S/C22H17FN2O/c1-14-10-16(8-9-24-14)22-13-18(26)12-17-11-15(6-7-21(17)25-22)19-4-2-3-5-20(19)23/h2-11H,12-13H2,1H3. The van der Waals surface area contributed by atoms with Gasteiger partial charge in [0, 0.05) is 30.3 Å². The number of rotatable bonds is 2. The number of aromatic nitrogens is 1. The number of aryl methyl sites for hydroxylation is 1. The number of Topliss-reactive ketones (excluding diaryl/α,β-unsaturated/α-hetero) is 1. The van der Waals surface area contributed by atoms with Crippen molar-refractivity contribution in [3.8, 4) is 11.1 Å². The van der Waals surface area contributed by atoms with Gasteiger partial charge >= 0.3 is 0 Å². The molecule has 1 aliphatic rings. The average molecular weight is 344 g/mol. The van der Waals surface area contributed by atoms with Gasteiger partial charge in [0.15, 0.2) is 0 Å². The third-order valence-corrected chi connectivity index (χ3v) is 4.50. The summed E-state index contributed by atoms with van der Waals surface area (Å²) < 4.78 is 14.1. The van der Waals surface area contributed by atoms with Gasteiger partial charge in [-0.15, -0.1) is 0 Å². The molecule has 128 valence electrons. The van der Waals surface area contributed by atoms with Gasteiger partial charge in [0.2, 0.25) is 0 Å². The van der Waals surface area contributed by atoms with E-state index in [1.807, 2.05) is 37.3 Å². The number of nitrogens with zero attached hydrogens (tertiary/aromatic N) is 2. The molecule has 3 aromatic rings. The Morgan fingerprint density at radius 2 is 1.81 bits per heavy atom. The smallest absolute Gasteiger partial charge is 0.143 e. The summed E-state index contributed by atoms with van der Waals surface area (Å²) >= 11 is 0. The van der Waals surface area contributed by atoms with Gasteiger partial charge in [-0.25, -0.2) is 4.39 Å². The number of hydrogen-bond donors (Lipinski definition) is 0. The summed E-state index contributed by atoms with van der Waals surface area (Å²) in [6.45, 7) is 1.91. The number of carbonyl (C=O) groups excluding carboxylic acids is 1. The first-order valence-electron chi connectivity index (χ1n) is 8.50. The van der Waals surface area contributed by atoms with Crippen LogP contribution in [-0.2, 0) is 11.2 Å². The minimum absolute atomic E-state index is 0.0997. The Labute approximate surface area is 151 Å². The molecule has 0 spiro atoms. The van der Waals surface area contributed by atoms with Gasteiger partial charge in [0.05, 0.1) is 11.4 Å². The van der Waals surface area contributed by atoms with Crippen LogP contribution in [0, 0.1) is 12.7 Å². The van der Waals surface area contributed by atoms with Gasteiger partial charge in [0.25, 0.3) is 0 Å². The van der Waals surface area contributed by atoms with Crippen molar-refractivity contribution in [1.82, 2.24) is 4.98 Å². The first-order chi connectivity index (χ1) is 12.6. The van der Waals surface area contributed by atoms with Gasteiger partial charge in [-0.3, -0.25) is 14.8 Å². The average Bonchev–Trinajstić information content (AvgIpc) is 2.79. The Kier molecular flexibility index (Phi) is 4.17. The lowest BCUT2D eigenvalue weighted by Crippen LogP contribution is -2.09. The van der Waals surface area contributed by atoms with Crippen LogP contribution in [0.4, 0.5) is 10.1 Å². The molecule has 4 heteroatoms. The maximum absolute atomic E-state index is 14.1. The van der Waals surface area contributed by atoms with Gasteiger partial charge in [0.1, 0.15) is 11.6 Å². The van der Waals surface area contributed by atoms with Crippen molar-refractivity contribution >= 4 is 17.2 Å². The molecule has 0 bridgehead atoms. The Bertz CT molecular complexity index is 1040. The van der Waals surface area contributed by atoms with E-state index >= 15 is 0 Å². The number of ketones is 1. The molecule has 0 amide bonds. The molecule has 0 saturated heterocycles. The highest BCUT2D eigenvalue weighted by Gasteiger charge is 2.19. The lowest BCUT2D eigenvalue weighted by atomic mass is 9.98. The Hall–Kier alpha value is -3.14. The van der Waals surface area contributed by atoms with Gasteiger partial charge in [-0.2, -0.15) is 0 Å². The van der Waals surface area contributed by atoms with Crippen LogP contribution in [-0.4, -0.2) is 16.5 Å². The molecule has 0 saturated carbocycles. The van der Waals surface area contributed by atoms with E-state index < -0.39 is 0 Å². The minimum atomic E-state index is -0.274. The zero-order chi connectivity index (χ0) is 18.1. The second kappa shape index (κ2) is 6.64. The monoisotopic (exact) mass is 344 g/mol. The molecule has 2 aromatic carbocycles. The highest BCUT2D eigenvalue weighted by atomic mass is 19.1. The zero-order valence-electron chi connectivity index (χ0n) is 14.4. The van der Waals surface area contributed by atoms with Crippen molar-refractivity contribution in [1.29, 1.82) is 0 Å². The molecule has 0 unspecified atom stereocenters. The number of hydrogen-bond acceptors (Lipinski definition) is 3. The second-order valence-corrected chi connectivity index (χ2v) is 6.46. The molecule has 0 aliphatic carbocycles.